The van der Waals surface area contributed by atoms with Gasteiger partial charge in [0.2, 0.25) is 0 Å². The van der Waals surface area contributed by atoms with Crippen molar-refractivity contribution < 1.29 is 27.1 Å². The second-order valence-corrected chi connectivity index (χ2v) is 12.3. The van der Waals surface area contributed by atoms with Gasteiger partial charge in [-0.2, -0.15) is 23.4 Å². The highest BCUT2D eigenvalue weighted by Gasteiger charge is 2.32. The number of hydrogen-bond acceptors (Lipinski definition) is 8. The van der Waals surface area contributed by atoms with Crippen LogP contribution < -0.4 is 10.2 Å². The Morgan fingerprint density at radius 3 is 2.49 bits per heavy atom. The number of anilines is 2. The molecule has 0 unspecified atom stereocenters. The number of rotatable bonds is 8. The van der Waals surface area contributed by atoms with E-state index >= 15 is 0 Å². The number of pyridine rings is 1. The number of alkyl halides is 3. The van der Waals surface area contributed by atoms with Crippen molar-refractivity contribution in [1.29, 1.82) is 0 Å². The molecule has 6 heterocycles. The Morgan fingerprint density at radius 1 is 1.00 bits per heavy atom. The number of hydrogen-bond donors (Lipinski definition) is 1. The largest absolute Gasteiger partial charge is 0.390 e. The van der Waals surface area contributed by atoms with E-state index in [0.29, 0.717) is 92.0 Å². The van der Waals surface area contributed by atoms with Gasteiger partial charge in [0.25, 0.3) is 5.91 Å². The lowest BCUT2D eigenvalue weighted by molar-refractivity contribution is -0.138. The highest BCUT2D eigenvalue weighted by molar-refractivity contribution is 6.04. The van der Waals surface area contributed by atoms with Gasteiger partial charge in [-0.25, -0.2) is 18.9 Å². The summed E-state index contributed by atoms with van der Waals surface area (Å²) in [4.78, 5) is 26.1. The van der Waals surface area contributed by atoms with E-state index in [0.717, 1.165) is 11.3 Å². The third kappa shape index (κ3) is 7.27. The topological polar surface area (TPSA) is 106 Å². The summed E-state index contributed by atoms with van der Waals surface area (Å²) in [6.07, 6.45) is -0.486. The molecule has 1 amide bonds. The molecule has 15 heteroatoms. The Labute approximate surface area is 279 Å². The van der Waals surface area contributed by atoms with Gasteiger partial charge in [0, 0.05) is 49.9 Å². The predicted molar refractivity (Wildman–Crippen MR) is 175 cm³/mol. The molecule has 7 rings (SSSR count). The van der Waals surface area contributed by atoms with Crippen molar-refractivity contribution >= 4 is 23.2 Å². The van der Waals surface area contributed by atoms with Crippen molar-refractivity contribution in [2.24, 2.45) is 7.05 Å². The zero-order valence-electron chi connectivity index (χ0n) is 26.8. The summed E-state index contributed by atoms with van der Waals surface area (Å²) >= 11 is 0. The van der Waals surface area contributed by atoms with Crippen LogP contribution in [-0.2, 0) is 11.8 Å². The van der Waals surface area contributed by atoms with Crippen molar-refractivity contribution in [2.45, 2.75) is 31.4 Å². The SMILES string of the molecule is Cn1nc(-c2ccc(F)cc2)c(-c2ccc3nc(NC(=O)c4ccnc(N5CCOCC5)c4)cn3n2)c1C1CCN(CCC(F)(F)F)CC1. The molecule has 1 N–H and O–H groups in total. The first kappa shape index (κ1) is 32.6. The Morgan fingerprint density at radius 2 is 1.76 bits per heavy atom. The zero-order valence-corrected chi connectivity index (χ0v) is 26.8. The number of benzene rings is 1. The van der Waals surface area contributed by atoms with E-state index in [-0.39, 0.29) is 24.2 Å². The third-order valence-electron chi connectivity index (χ3n) is 9.06. The molecule has 256 valence electrons. The van der Waals surface area contributed by atoms with E-state index in [1.54, 1.807) is 51.9 Å². The number of imidazole rings is 1. The fourth-order valence-electron chi connectivity index (χ4n) is 6.57. The minimum atomic E-state index is -4.19. The molecular weight excluding hydrogens is 642 g/mol. The fraction of sp³-hybridized carbons (Fsp3) is 0.382. The van der Waals surface area contributed by atoms with Gasteiger partial charge in [-0.3, -0.25) is 9.48 Å². The molecule has 1 aromatic carbocycles. The van der Waals surface area contributed by atoms with Gasteiger partial charge in [-0.05, 0) is 74.5 Å². The highest BCUT2D eigenvalue weighted by Crippen LogP contribution is 2.40. The lowest BCUT2D eigenvalue weighted by Crippen LogP contribution is -2.36. The molecule has 2 fully saturated rings. The Balaban J connectivity index is 1.17. The van der Waals surface area contributed by atoms with Crippen LogP contribution in [0.1, 0.15) is 41.2 Å². The number of nitrogens with zero attached hydrogens (tertiary/aromatic N) is 8. The molecule has 2 saturated heterocycles. The van der Waals surface area contributed by atoms with Crippen LogP contribution in [0.3, 0.4) is 0 Å². The minimum Gasteiger partial charge on any atom is -0.378 e. The van der Waals surface area contributed by atoms with Crippen molar-refractivity contribution in [3.05, 3.63) is 78.0 Å². The number of aromatic nitrogens is 6. The molecule has 0 aliphatic carbocycles. The van der Waals surface area contributed by atoms with Crippen LogP contribution in [0, 0.1) is 5.82 Å². The second kappa shape index (κ2) is 13.6. The lowest BCUT2D eigenvalue weighted by atomic mass is 9.88. The number of nitrogens with one attached hydrogen (secondary N) is 1. The molecule has 2 aliphatic rings. The summed E-state index contributed by atoms with van der Waals surface area (Å²) in [5, 5.41) is 12.6. The van der Waals surface area contributed by atoms with Gasteiger partial charge >= 0.3 is 6.18 Å². The Hall–Kier alpha value is -4.89. The quantitative estimate of drug-likeness (QED) is 0.213. The van der Waals surface area contributed by atoms with Gasteiger partial charge in [-0.15, -0.1) is 0 Å². The standard InChI is InChI=1S/C34H35F4N9O2/c1-44-32(23-9-13-45(14-10-23)15-11-34(36,37)38)30(31(43-44)22-2-4-25(35)5-3-22)26-6-7-28-40-27(21-47(28)42-26)41-33(48)24-8-12-39-29(20-24)46-16-18-49-19-17-46/h2-8,12,20-21,23H,9-11,13-19H2,1H3,(H,41,48). The summed E-state index contributed by atoms with van der Waals surface area (Å²) in [5.41, 5.74) is 4.53. The summed E-state index contributed by atoms with van der Waals surface area (Å²) in [6.45, 7) is 3.63. The van der Waals surface area contributed by atoms with Crippen LogP contribution in [0.5, 0.6) is 0 Å². The fourth-order valence-corrected chi connectivity index (χ4v) is 6.57. The van der Waals surface area contributed by atoms with E-state index in [2.05, 4.69) is 20.2 Å². The Bertz CT molecular complexity index is 1940. The zero-order chi connectivity index (χ0) is 34.1. The van der Waals surface area contributed by atoms with Crippen molar-refractivity contribution in [3.63, 3.8) is 0 Å². The van der Waals surface area contributed by atoms with E-state index in [1.165, 1.54) is 12.1 Å². The molecule has 0 radical (unpaired) electrons. The molecule has 49 heavy (non-hydrogen) atoms. The maximum atomic E-state index is 13.9. The van der Waals surface area contributed by atoms with Crippen LogP contribution in [0.15, 0.2) is 60.9 Å². The maximum Gasteiger partial charge on any atom is 0.390 e. The monoisotopic (exact) mass is 677 g/mol. The summed E-state index contributed by atoms with van der Waals surface area (Å²) in [7, 11) is 1.84. The van der Waals surface area contributed by atoms with E-state index < -0.39 is 12.6 Å². The molecule has 0 spiro atoms. The molecule has 11 nitrogen and oxygen atoms in total. The van der Waals surface area contributed by atoms with Gasteiger partial charge in [0.1, 0.15) is 17.3 Å². The number of likely N-dealkylation sites (tertiary alicyclic amines) is 1. The average molecular weight is 678 g/mol. The first-order chi connectivity index (χ1) is 23.6. The molecule has 0 saturated carbocycles. The minimum absolute atomic E-state index is 0.0154. The average Bonchev–Trinajstić information content (AvgIpc) is 3.67. The normalized spacial score (nSPS) is 16.4. The molecule has 5 aromatic rings. The predicted octanol–water partition coefficient (Wildman–Crippen LogP) is 5.55. The number of carbonyl (C=O) groups is 1. The summed E-state index contributed by atoms with van der Waals surface area (Å²) in [6, 6.07) is 13.1. The smallest absolute Gasteiger partial charge is 0.378 e. The molecule has 4 aromatic heterocycles. The molecule has 0 atom stereocenters. The van der Waals surface area contributed by atoms with Crippen molar-refractivity contribution in [2.75, 3.05) is 56.2 Å². The summed E-state index contributed by atoms with van der Waals surface area (Å²) < 4.78 is 61.3. The van der Waals surface area contributed by atoms with E-state index in [4.69, 9.17) is 14.9 Å². The van der Waals surface area contributed by atoms with Crippen LogP contribution in [-0.4, -0.2) is 92.3 Å². The number of ether oxygens (including phenoxy) is 1. The lowest BCUT2D eigenvalue weighted by Gasteiger charge is -2.32. The first-order valence-corrected chi connectivity index (χ1v) is 16.2. The first-order valence-electron chi connectivity index (χ1n) is 16.2. The van der Waals surface area contributed by atoms with Crippen LogP contribution in [0.2, 0.25) is 0 Å². The number of piperidine rings is 1. The number of morpholine rings is 1. The van der Waals surface area contributed by atoms with Gasteiger partial charge in [-0.1, -0.05) is 0 Å². The van der Waals surface area contributed by atoms with Crippen LogP contribution in [0.4, 0.5) is 29.2 Å². The maximum absolute atomic E-state index is 13.9. The molecule has 0 bridgehead atoms. The molecule has 2 aliphatic heterocycles. The number of halogens is 4. The van der Waals surface area contributed by atoms with Crippen LogP contribution in [0.25, 0.3) is 28.2 Å². The van der Waals surface area contributed by atoms with Gasteiger partial charge < -0.3 is 19.9 Å². The van der Waals surface area contributed by atoms with Crippen molar-refractivity contribution in [1.82, 2.24) is 34.3 Å². The van der Waals surface area contributed by atoms with Crippen molar-refractivity contribution in [3.8, 4) is 22.5 Å². The van der Waals surface area contributed by atoms with Crippen LogP contribution >= 0.6 is 0 Å². The number of fused-ring (bicyclic) bond motifs is 1. The molecular formula is C34H35F4N9O2. The third-order valence-corrected chi connectivity index (χ3v) is 9.06. The van der Waals surface area contributed by atoms with E-state index in [1.807, 2.05) is 18.0 Å². The number of amides is 1. The number of carbonyl (C=O) groups excluding carboxylic acids is 1. The second-order valence-electron chi connectivity index (χ2n) is 12.3. The van der Waals surface area contributed by atoms with Gasteiger partial charge in [0.05, 0.1) is 42.8 Å². The summed E-state index contributed by atoms with van der Waals surface area (Å²) in [5.74, 6) is 0.325. The highest BCUT2D eigenvalue weighted by atomic mass is 19.4. The number of aryl methyl sites for hydroxylation is 1. The van der Waals surface area contributed by atoms with E-state index in [9.17, 15) is 22.4 Å². The Kier molecular flexibility index (Phi) is 9.03. The van der Waals surface area contributed by atoms with Gasteiger partial charge in [0.15, 0.2) is 11.5 Å².